The SMILES string of the molecule is CN(CCCC(=O)N[C@H](CO)Cc1ccccc1)C(=O)[C@@H](N)Cc1ccc(O)cc1. The largest absolute Gasteiger partial charge is 0.508 e. The molecular weight excluding hydrogens is 382 g/mol. The summed E-state index contributed by atoms with van der Waals surface area (Å²) in [6.45, 7) is 0.281. The van der Waals surface area contributed by atoms with E-state index in [0.29, 0.717) is 25.8 Å². The summed E-state index contributed by atoms with van der Waals surface area (Å²) in [5.74, 6) is -0.179. The number of nitrogens with zero attached hydrogens (tertiary/aromatic N) is 1. The molecule has 0 aromatic heterocycles. The number of hydrogen-bond donors (Lipinski definition) is 4. The van der Waals surface area contributed by atoms with Crippen molar-refractivity contribution in [2.24, 2.45) is 5.73 Å². The van der Waals surface area contributed by atoms with Gasteiger partial charge in [-0.25, -0.2) is 0 Å². The van der Waals surface area contributed by atoms with Gasteiger partial charge in [0.15, 0.2) is 0 Å². The van der Waals surface area contributed by atoms with Crippen molar-refractivity contribution in [2.75, 3.05) is 20.2 Å². The second-order valence-corrected chi connectivity index (χ2v) is 7.48. The van der Waals surface area contributed by atoms with Gasteiger partial charge in [0.1, 0.15) is 5.75 Å². The molecule has 0 radical (unpaired) electrons. The molecule has 7 nitrogen and oxygen atoms in total. The Morgan fingerprint density at radius 3 is 2.30 bits per heavy atom. The summed E-state index contributed by atoms with van der Waals surface area (Å²) < 4.78 is 0. The summed E-state index contributed by atoms with van der Waals surface area (Å²) in [5, 5.41) is 21.7. The first kappa shape index (κ1) is 23.4. The Kier molecular flexibility index (Phi) is 9.31. The molecule has 0 saturated carbocycles. The Hall–Kier alpha value is -2.90. The number of carbonyl (C=O) groups excluding carboxylic acids is 2. The Morgan fingerprint density at radius 1 is 1.03 bits per heavy atom. The van der Waals surface area contributed by atoms with Crippen LogP contribution < -0.4 is 11.1 Å². The summed E-state index contributed by atoms with van der Waals surface area (Å²) in [4.78, 5) is 26.2. The first-order chi connectivity index (χ1) is 14.4. The normalized spacial score (nSPS) is 12.8. The number of carbonyl (C=O) groups is 2. The van der Waals surface area contributed by atoms with Crippen molar-refractivity contribution in [3.8, 4) is 5.75 Å². The molecule has 2 aromatic rings. The maximum atomic E-state index is 12.4. The predicted octanol–water partition coefficient (Wildman–Crippen LogP) is 1.22. The van der Waals surface area contributed by atoms with Crippen molar-refractivity contribution in [1.82, 2.24) is 10.2 Å². The number of aliphatic hydroxyl groups excluding tert-OH is 1. The fourth-order valence-electron chi connectivity index (χ4n) is 3.20. The molecule has 0 aliphatic carbocycles. The molecular formula is C23H31N3O4. The van der Waals surface area contributed by atoms with Crippen molar-refractivity contribution in [1.29, 1.82) is 0 Å². The number of likely N-dealkylation sites (N-methyl/N-ethyl adjacent to an activating group) is 1. The number of benzene rings is 2. The van der Waals surface area contributed by atoms with Crippen molar-refractivity contribution in [3.63, 3.8) is 0 Å². The third kappa shape index (κ3) is 7.85. The van der Waals surface area contributed by atoms with E-state index in [1.807, 2.05) is 30.3 Å². The van der Waals surface area contributed by atoms with E-state index < -0.39 is 6.04 Å². The lowest BCUT2D eigenvalue weighted by Gasteiger charge is -2.22. The number of phenols is 1. The van der Waals surface area contributed by atoms with Gasteiger partial charge in [-0.3, -0.25) is 9.59 Å². The highest BCUT2D eigenvalue weighted by Gasteiger charge is 2.19. The number of rotatable bonds is 11. The zero-order valence-electron chi connectivity index (χ0n) is 17.3. The average Bonchev–Trinajstić information content (AvgIpc) is 2.74. The Bertz CT molecular complexity index is 796. The van der Waals surface area contributed by atoms with Gasteiger partial charge in [-0.2, -0.15) is 0 Å². The quantitative estimate of drug-likeness (QED) is 0.442. The molecule has 5 N–H and O–H groups in total. The molecule has 0 saturated heterocycles. The number of amides is 2. The van der Waals surface area contributed by atoms with Crippen LogP contribution in [0.15, 0.2) is 54.6 Å². The van der Waals surface area contributed by atoms with Gasteiger partial charge in [-0.15, -0.1) is 0 Å². The maximum Gasteiger partial charge on any atom is 0.239 e. The number of nitrogens with two attached hydrogens (primary N) is 1. The predicted molar refractivity (Wildman–Crippen MR) is 116 cm³/mol. The van der Waals surface area contributed by atoms with Crippen LogP contribution in [0.5, 0.6) is 5.75 Å². The molecule has 0 heterocycles. The number of aromatic hydroxyl groups is 1. The van der Waals surface area contributed by atoms with Gasteiger partial charge in [0.25, 0.3) is 0 Å². The Labute approximate surface area is 177 Å². The van der Waals surface area contributed by atoms with Gasteiger partial charge in [0, 0.05) is 20.0 Å². The Balaban J connectivity index is 1.71. The zero-order valence-corrected chi connectivity index (χ0v) is 17.3. The molecule has 0 fully saturated rings. The van der Waals surface area contributed by atoms with Crippen LogP contribution in [0.4, 0.5) is 0 Å². The van der Waals surface area contributed by atoms with E-state index in [9.17, 15) is 19.8 Å². The third-order valence-corrected chi connectivity index (χ3v) is 4.89. The molecule has 0 aliphatic heterocycles. The van der Waals surface area contributed by atoms with Crippen molar-refractivity contribution in [3.05, 3.63) is 65.7 Å². The van der Waals surface area contributed by atoms with Gasteiger partial charge < -0.3 is 26.2 Å². The summed E-state index contributed by atoms with van der Waals surface area (Å²) in [6.07, 6.45) is 1.70. The first-order valence-electron chi connectivity index (χ1n) is 10.1. The van der Waals surface area contributed by atoms with Gasteiger partial charge in [0.05, 0.1) is 18.7 Å². The summed E-state index contributed by atoms with van der Waals surface area (Å²) >= 11 is 0. The lowest BCUT2D eigenvalue weighted by Crippen LogP contribution is -2.43. The van der Waals surface area contributed by atoms with E-state index >= 15 is 0 Å². The monoisotopic (exact) mass is 413 g/mol. The minimum Gasteiger partial charge on any atom is -0.508 e. The van der Waals surface area contributed by atoms with Crippen molar-refractivity contribution < 1.29 is 19.8 Å². The fraction of sp³-hybridized carbons (Fsp3) is 0.391. The lowest BCUT2D eigenvalue weighted by atomic mass is 10.1. The van der Waals surface area contributed by atoms with E-state index in [2.05, 4.69) is 5.32 Å². The lowest BCUT2D eigenvalue weighted by molar-refractivity contribution is -0.131. The molecule has 7 heteroatoms. The third-order valence-electron chi connectivity index (χ3n) is 4.89. The topological polar surface area (TPSA) is 116 Å². The first-order valence-corrected chi connectivity index (χ1v) is 10.1. The van der Waals surface area contributed by atoms with E-state index in [1.54, 1.807) is 31.3 Å². The highest BCUT2D eigenvalue weighted by atomic mass is 16.3. The van der Waals surface area contributed by atoms with Gasteiger partial charge in [0.2, 0.25) is 11.8 Å². The maximum absolute atomic E-state index is 12.4. The zero-order chi connectivity index (χ0) is 21.9. The molecule has 30 heavy (non-hydrogen) atoms. The smallest absolute Gasteiger partial charge is 0.239 e. The molecule has 2 amide bonds. The van der Waals surface area contributed by atoms with Crippen LogP contribution >= 0.6 is 0 Å². The highest BCUT2D eigenvalue weighted by molar-refractivity contribution is 5.82. The van der Waals surface area contributed by atoms with E-state index in [1.165, 1.54) is 4.90 Å². The fourth-order valence-corrected chi connectivity index (χ4v) is 3.20. The molecule has 2 aromatic carbocycles. The second-order valence-electron chi connectivity index (χ2n) is 7.48. The number of hydrogen-bond acceptors (Lipinski definition) is 5. The molecule has 2 rings (SSSR count). The highest BCUT2D eigenvalue weighted by Crippen LogP contribution is 2.11. The van der Waals surface area contributed by atoms with Crippen LogP contribution in [0.3, 0.4) is 0 Å². The number of aliphatic hydroxyl groups is 1. The molecule has 0 spiro atoms. The molecule has 162 valence electrons. The molecule has 0 aliphatic rings. The van der Waals surface area contributed by atoms with Crippen LogP contribution in [-0.2, 0) is 22.4 Å². The summed E-state index contributed by atoms with van der Waals surface area (Å²) in [6, 6.07) is 15.3. The minimum absolute atomic E-state index is 0.134. The molecule has 0 unspecified atom stereocenters. The van der Waals surface area contributed by atoms with Crippen LogP contribution in [-0.4, -0.2) is 59.2 Å². The summed E-state index contributed by atoms with van der Waals surface area (Å²) in [7, 11) is 1.67. The Morgan fingerprint density at radius 2 is 1.67 bits per heavy atom. The van der Waals surface area contributed by atoms with Crippen LogP contribution in [0, 0.1) is 0 Å². The van der Waals surface area contributed by atoms with Gasteiger partial charge in [-0.1, -0.05) is 42.5 Å². The van der Waals surface area contributed by atoms with Crippen molar-refractivity contribution in [2.45, 2.75) is 37.8 Å². The standard InChI is InChI=1S/C23H31N3O4/c1-26(23(30)21(24)15-18-9-11-20(28)12-10-18)13-5-8-22(29)25-19(16-27)14-17-6-3-2-4-7-17/h2-4,6-7,9-12,19,21,27-28H,5,8,13-16,24H2,1H3,(H,25,29)/t19-,21-/m0/s1. The van der Waals surface area contributed by atoms with Crippen molar-refractivity contribution >= 4 is 11.8 Å². The number of phenolic OH excluding ortho intramolecular Hbond substituents is 1. The molecule has 2 atom stereocenters. The van der Waals surface area contributed by atoms with Crippen LogP contribution in [0.25, 0.3) is 0 Å². The summed E-state index contributed by atoms with van der Waals surface area (Å²) in [5.41, 5.74) is 7.93. The second kappa shape index (κ2) is 11.9. The number of nitrogens with one attached hydrogen (secondary N) is 1. The van der Waals surface area contributed by atoms with E-state index in [0.717, 1.165) is 11.1 Å². The van der Waals surface area contributed by atoms with Gasteiger partial charge >= 0.3 is 0 Å². The van der Waals surface area contributed by atoms with E-state index in [-0.39, 0.29) is 36.6 Å². The van der Waals surface area contributed by atoms with Gasteiger partial charge in [-0.05, 0) is 42.5 Å². The minimum atomic E-state index is -0.682. The molecule has 0 bridgehead atoms. The van der Waals surface area contributed by atoms with E-state index in [4.69, 9.17) is 5.73 Å². The van der Waals surface area contributed by atoms with Crippen LogP contribution in [0.2, 0.25) is 0 Å². The van der Waals surface area contributed by atoms with Crippen LogP contribution in [0.1, 0.15) is 24.0 Å². The average molecular weight is 414 g/mol.